The maximum Gasteiger partial charge on any atom is 0.411 e. The molecule has 2 bridgehead atoms. The second-order valence-corrected chi connectivity index (χ2v) is 10.6. The van der Waals surface area contributed by atoms with Crippen LogP contribution in [0.2, 0.25) is 5.02 Å². The van der Waals surface area contributed by atoms with Crippen molar-refractivity contribution in [3.05, 3.63) is 64.6 Å². The Morgan fingerprint density at radius 2 is 1.93 bits per heavy atom. The minimum absolute atomic E-state index is 0.0431. The van der Waals surface area contributed by atoms with E-state index in [1.165, 1.54) is 29.3 Å². The Labute approximate surface area is 247 Å². The Morgan fingerprint density at radius 3 is 2.65 bits per heavy atom. The summed E-state index contributed by atoms with van der Waals surface area (Å²) < 4.78 is 81.3. The second kappa shape index (κ2) is 12.3. The van der Waals surface area contributed by atoms with E-state index in [1.54, 1.807) is 0 Å². The van der Waals surface area contributed by atoms with E-state index in [9.17, 15) is 31.5 Å². The number of nitrogens with one attached hydrogen (secondary N) is 3. The number of anilines is 2. The maximum atomic E-state index is 14.6. The normalized spacial score (nSPS) is 21.0. The third-order valence-electron chi connectivity index (χ3n) is 7.49. The Balaban J connectivity index is 1.46. The Morgan fingerprint density at radius 1 is 1.16 bits per heavy atom. The van der Waals surface area contributed by atoms with Gasteiger partial charge < -0.3 is 19.8 Å². The number of halogens is 6. The molecular weight excluding hydrogens is 601 g/mol. The van der Waals surface area contributed by atoms with E-state index in [-0.39, 0.29) is 48.6 Å². The van der Waals surface area contributed by atoms with E-state index >= 15 is 0 Å². The topological polar surface area (TPSA) is 109 Å². The maximum absolute atomic E-state index is 14.6. The molecule has 5 rings (SSSR count). The summed E-state index contributed by atoms with van der Waals surface area (Å²) in [4.78, 5) is 33.8. The lowest BCUT2D eigenvalue weighted by atomic mass is 9.99. The number of imidazole rings is 1. The van der Waals surface area contributed by atoms with Crippen molar-refractivity contribution < 1.29 is 41.0 Å². The van der Waals surface area contributed by atoms with Crippen molar-refractivity contribution in [2.75, 3.05) is 24.3 Å². The zero-order valence-corrected chi connectivity index (χ0v) is 23.5. The molecule has 3 aromatic rings. The number of alkyl halides is 3. The summed E-state index contributed by atoms with van der Waals surface area (Å²) in [6, 6.07) is 3.84. The highest BCUT2D eigenvalue weighted by molar-refractivity contribution is 6.30. The van der Waals surface area contributed by atoms with Gasteiger partial charge in [-0.25, -0.2) is 23.4 Å². The van der Waals surface area contributed by atoms with Crippen LogP contribution in [0.15, 0.2) is 36.5 Å². The lowest BCUT2D eigenvalue weighted by molar-refractivity contribution is -0.144. The van der Waals surface area contributed by atoms with Crippen molar-refractivity contribution in [1.82, 2.24) is 14.9 Å². The Hall–Kier alpha value is -4.07. The molecule has 2 amide bonds. The highest BCUT2D eigenvalue weighted by atomic mass is 35.5. The molecule has 3 heterocycles. The first-order valence-electron chi connectivity index (χ1n) is 13.4. The first-order chi connectivity index (χ1) is 20.5. The highest BCUT2D eigenvalue weighted by Gasteiger charge is 2.41. The molecule has 3 N–H and O–H groups in total. The first kappa shape index (κ1) is 30.4. The number of methoxy groups -OCH3 is 1. The van der Waals surface area contributed by atoms with Gasteiger partial charge >= 0.3 is 18.4 Å². The number of benzene rings is 2. The molecule has 0 aliphatic carbocycles. The molecule has 0 radical (unpaired) electrons. The minimum atomic E-state index is -4.58. The molecule has 2 aliphatic heterocycles. The second-order valence-electron chi connectivity index (χ2n) is 10.2. The number of ether oxygens (including phenoxy) is 2. The van der Waals surface area contributed by atoms with Crippen molar-refractivity contribution in [3.8, 4) is 11.3 Å². The highest BCUT2D eigenvalue weighted by Crippen LogP contribution is 2.39. The third-order valence-corrected chi connectivity index (χ3v) is 7.78. The van der Waals surface area contributed by atoms with Crippen LogP contribution in [-0.2, 0) is 9.47 Å². The van der Waals surface area contributed by atoms with Gasteiger partial charge in [-0.2, -0.15) is 13.2 Å². The molecule has 9 nitrogen and oxygen atoms in total. The standard InChI is InChI=1S/C28H27ClF5N5O4/c1-42-26(40)36-14-6-7-15-18(12-14)37-22(28(32,33)34)5-3-2-4-20(25-35-13-19(15)38-25)39-11-10-21(43-27(39)41)23-17(30)9-8-16(29)24(23)31/h6-9,12-13,20-22,37H,2-5,10-11H2,1H3,(H,35,38)(H,36,40)/t20-,21?,22-/m0/s1. The first-order valence-corrected chi connectivity index (χ1v) is 13.8. The Kier molecular flexibility index (Phi) is 8.67. The van der Waals surface area contributed by atoms with Crippen molar-refractivity contribution in [3.63, 3.8) is 0 Å². The molecule has 15 heteroatoms. The molecule has 230 valence electrons. The van der Waals surface area contributed by atoms with Crippen LogP contribution < -0.4 is 10.6 Å². The molecule has 0 spiro atoms. The van der Waals surface area contributed by atoms with Crippen molar-refractivity contribution in [2.24, 2.45) is 0 Å². The smallest absolute Gasteiger partial charge is 0.411 e. The summed E-state index contributed by atoms with van der Waals surface area (Å²) in [6.45, 7) is 0.0431. The van der Waals surface area contributed by atoms with Gasteiger partial charge in [0.15, 0.2) is 5.82 Å². The van der Waals surface area contributed by atoms with Crippen molar-refractivity contribution >= 4 is 35.2 Å². The van der Waals surface area contributed by atoms with Gasteiger partial charge in [-0.3, -0.25) is 10.2 Å². The molecule has 3 atom stereocenters. The van der Waals surface area contributed by atoms with E-state index in [2.05, 4.69) is 25.3 Å². The van der Waals surface area contributed by atoms with Crippen LogP contribution in [0.4, 0.5) is 42.9 Å². The number of H-pyrrole nitrogens is 1. The van der Waals surface area contributed by atoms with Crippen LogP contribution in [0.3, 0.4) is 0 Å². The fourth-order valence-corrected chi connectivity index (χ4v) is 5.50. The average molecular weight is 628 g/mol. The summed E-state index contributed by atoms with van der Waals surface area (Å²) in [7, 11) is 1.16. The molecule has 1 unspecified atom stereocenters. The third kappa shape index (κ3) is 6.48. The van der Waals surface area contributed by atoms with Gasteiger partial charge in [0.1, 0.15) is 23.8 Å². The number of hydrogen-bond donors (Lipinski definition) is 3. The number of rotatable bonds is 3. The number of carbonyl (C=O) groups is 2. The van der Waals surface area contributed by atoms with Gasteiger partial charge in [-0.05, 0) is 43.2 Å². The molecule has 2 aromatic carbocycles. The largest absolute Gasteiger partial charge is 0.453 e. The number of fused-ring (bicyclic) bond motifs is 4. The average Bonchev–Trinajstić information content (AvgIpc) is 3.44. The van der Waals surface area contributed by atoms with Gasteiger partial charge in [0, 0.05) is 29.9 Å². The number of amides is 2. The molecule has 43 heavy (non-hydrogen) atoms. The fraction of sp³-hybridized carbons (Fsp3) is 0.393. The van der Waals surface area contributed by atoms with Crippen molar-refractivity contribution in [1.29, 1.82) is 0 Å². The van der Waals surface area contributed by atoms with Gasteiger partial charge in [-0.1, -0.05) is 24.4 Å². The van der Waals surface area contributed by atoms with E-state index in [4.69, 9.17) is 16.3 Å². The summed E-state index contributed by atoms with van der Waals surface area (Å²) in [5, 5.41) is 4.71. The molecule has 0 saturated carbocycles. The van der Waals surface area contributed by atoms with Gasteiger partial charge in [0.2, 0.25) is 0 Å². The number of hydrogen-bond acceptors (Lipinski definition) is 6. The monoisotopic (exact) mass is 627 g/mol. The summed E-state index contributed by atoms with van der Waals surface area (Å²) >= 11 is 5.81. The van der Waals surface area contributed by atoms with E-state index in [0.29, 0.717) is 23.5 Å². The van der Waals surface area contributed by atoms with Crippen molar-refractivity contribution in [2.45, 2.75) is 56.5 Å². The van der Waals surface area contributed by atoms with E-state index < -0.39 is 53.7 Å². The van der Waals surface area contributed by atoms with Gasteiger partial charge in [-0.15, -0.1) is 0 Å². The number of nitrogens with zero attached hydrogens (tertiary/aromatic N) is 2. The van der Waals surface area contributed by atoms with Crippen LogP contribution >= 0.6 is 11.6 Å². The molecule has 2 aliphatic rings. The van der Waals surface area contributed by atoms with E-state index in [0.717, 1.165) is 19.2 Å². The molecular formula is C28H27ClF5N5O4. The number of aromatic amines is 1. The number of aromatic nitrogens is 2. The Bertz CT molecular complexity index is 1520. The number of carbonyl (C=O) groups excluding carboxylic acids is 2. The minimum Gasteiger partial charge on any atom is -0.453 e. The zero-order valence-electron chi connectivity index (χ0n) is 22.7. The van der Waals surface area contributed by atoms with Crippen LogP contribution in [0, 0.1) is 11.6 Å². The SMILES string of the molecule is COC(=O)Nc1ccc2c(c1)N[C@H](C(F)(F)F)CCCC[C@H](N1CCC(c3c(F)ccc(Cl)c3F)OC1=O)c1ncc-2[nH]1. The summed E-state index contributed by atoms with van der Waals surface area (Å²) in [6.07, 6.45) is -5.50. The predicted octanol–water partition coefficient (Wildman–Crippen LogP) is 7.73. The fourth-order valence-electron chi connectivity index (χ4n) is 5.34. The van der Waals surface area contributed by atoms with Crippen LogP contribution in [0.5, 0.6) is 0 Å². The van der Waals surface area contributed by atoms with E-state index in [1.807, 2.05) is 0 Å². The summed E-state index contributed by atoms with van der Waals surface area (Å²) in [5.74, 6) is -1.54. The van der Waals surface area contributed by atoms with Crippen LogP contribution in [0.25, 0.3) is 11.3 Å². The lowest BCUT2D eigenvalue weighted by Gasteiger charge is -2.36. The summed E-state index contributed by atoms with van der Waals surface area (Å²) in [5.41, 5.74) is 0.565. The van der Waals surface area contributed by atoms with Gasteiger partial charge in [0.25, 0.3) is 0 Å². The quantitative estimate of drug-likeness (QED) is 0.203. The van der Waals surface area contributed by atoms with Crippen LogP contribution in [-0.4, -0.2) is 52.9 Å². The van der Waals surface area contributed by atoms with Gasteiger partial charge in [0.05, 0.1) is 35.6 Å². The molecule has 1 aromatic heterocycles. The lowest BCUT2D eigenvalue weighted by Crippen LogP contribution is -2.42. The molecule has 1 saturated heterocycles. The number of cyclic esters (lactones) is 1. The predicted molar refractivity (Wildman–Crippen MR) is 147 cm³/mol. The molecule has 1 fully saturated rings. The zero-order chi connectivity index (χ0) is 30.9. The van der Waals surface area contributed by atoms with Crippen LogP contribution in [0.1, 0.15) is 55.6 Å².